The number of anilines is 2. The first kappa shape index (κ1) is 14.6. The van der Waals surface area contributed by atoms with Crippen molar-refractivity contribution in [1.82, 2.24) is 10.3 Å². The highest BCUT2D eigenvalue weighted by molar-refractivity contribution is 7.18. The third kappa shape index (κ3) is 3.52. The molecule has 5 nitrogen and oxygen atoms in total. The van der Waals surface area contributed by atoms with Crippen LogP contribution in [0.15, 0.2) is 0 Å². The predicted molar refractivity (Wildman–Crippen MR) is 68.4 cm³/mol. The van der Waals surface area contributed by atoms with Crippen molar-refractivity contribution in [2.75, 3.05) is 30.3 Å². The number of nitrogens with two attached hydrogens (primary N) is 1. The van der Waals surface area contributed by atoms with Crippen LogP contribution in [0.1, 0.15) is 23.5 Å². The highest BCUT2D eigenvalue weighted by Gasteiger charge is 2.19. The van der Waals surface area contributed by atoms with Crippen LogP contribution in [-0.4, -0.2) is 37.0 Å². The fourth-order valence-electron chi connectivity index (χ4n) is 1.36. The Kier molecular flexibility index (Phi) is 5.26. The molecule has 102 valence electrons. The van der Waals surface area contributed by atoms with Crippen molar-refractivity contribution in [2.45, 2.75) is 20.3 Å². The van der Waals surface area contributed by atoms with E-state index in [1.807, 2.05) is 18.7 Å². The van der Waals surface area contributed by atoms with Crippen LogP contribution in [0, 0.1) is 0 Å². The Labute approximate surface area is 108 Å². The zero-order chi connectivity index (χ0) is 13.7. The second kappa shape index (κ2) is 6.48. The van der Waals surface area contributed by atoms with Crippen molar-refractivity contribution in [3.63, 3.8) is 0 Å². The lowest BCUT2D eigenvalue weighted by molar-refractivity contribution is 0.0896. The van der Waals surface area contributed by atoms with Crippen LogP contribution in [-0.2, 0) is 0 Å². The molecule has 0 radical (unpaired) electrons. The van der Waals surface area contributed by atoms with Gasteiger partial charge in [-0.3, -0.25) is 4.79 Å². The second-order valence-corrected chi connectivity index (χ2v) is 4.46. The van der Waals surface area contributed by atoms with E-state index in [0.29, 0.717) is 5.13 Å². The summed E-state index contributed by atoms with van der Waals surface area (Å²) < 4.78 is 24.0. The summed E-state index contributed by atoms with van der Waals surface area (Å²) in [5.41, 5.74) is 5.62. The molecule has 0 saturated heterocycles. The molecule has 1 heterocycles. The normalized spacial score (nSPS) is 10.7. The summed E-state index contributed by atoms with van der Waals surface area (Å²) in [6.45, 7) is 4.70. The maximum atomic E-state index is 12.0. The molecule has 0 saturated carbocycles. The average Bonchev–Trinajstić information content (AvgIpc) is 2.70. The van der Waals surface area contributed by atoms with Gasteiger partial charge in [0.05, 0.1) is 6.54 Å². The van der Waals surface area contributed by atoms with Crippen LogP contribution in [0.4, 0.5) is 19.7 Å². The maximum absolute atomic E-state index is 12.0. The number of amides is 1. The number of nitrogens with one attached hydrogen (secondary N) is 1. The number of alkyl halides is 2. The van der Waals surface area contributed by atoms with E-state index in [0.717, 1.165) is 24.4 Å². The molecule has 1 aromatic rings. The summed E-state index contributed by atoms with van der Waals surface area (Å²) in [7, 11) is 0. The van der Waals surface area contributed by atoms with Crippen molar-refractivity contribution in [2.24, 2.45) is 0 Å². The van der Waals surface area contributed by atoms with Crippen molar-refractivity contribution in [3.05, 3.63) is 4.88 Å². The molecule has 18 heavy (non-hydrogen) atoms. The Morgan fingerprint density at radius 1 is 1.50 bits per heavy atom. The number of hydrogen-bond donors (Lipinski definition) is 2. The standard InChI is InChI=1S/C10H16F2N4OS/c1-3-16(4-2)10-15-8(13)7(18-10)9(17)14-5-6(11)12/h6H,3-5,13H2,1-2H3,(H,14,17). The molecule has 0 spiro atoms. The lowest BCUT2D eigenvalue weighted by atomic mass is 10.4. The highest BCUT2D eigenvalue weighted by Crippen LogP contribution is 2.27. The smallest absolute Gasteiger partial charge is 0.265 e. The number of rotatable bonds is 6. The molecular weight excluding hydrogens is 262 g/mol. The van der Waals surface area contributed by atoms with E-state index in [-0.39, 0.29) is 10.7 Å². The number of aromatic nitrogens is 1. The topological polar surface area (TPSA) is 71.2 Å². The number of carbonyl (C=O) groups excluding carboxylic acids is 1. The molecule has 0 aliphatic carbocycles. The Hall–Kier alpha value is -1.44. The predicted octanol–water partition coefficient (Wildman–Crippen LogP) is 1.57. The lowest BCUT2D eigenvalue weighted by Crippen LogP contribution is -2.28. The largest absolute Gasteiger partial charge is 0.382 e. The van der Waals surface area contributed by atoms with E-state index < -0.39 is 18.9 Å². The van der Waals surface area contributed by atoms with Gasteiger partial charge in [-0.15, -0.1) is 0 Å². The molecule has 0 aromatic carbocycles. The highest BCUT2D eigenvalue weighted by atomic mass is 32.1. The van der Waals surface area contributed by atoms with Gasteiger partial charge < -0.3 is 16.0 Å². The Balaban J connectivity index is 2.80. The first-order valence-electron chi connectivity index (χ1n) is 5.57. The summed E-state index contributed by atoms with van der Waals surface area (Å²) >= 11 is 1.11. The molecule has 0 bridgehead atoms. The van der Waals surface area contributed by atoms with Crippen molar-refractivity contribution < 1.29 is 13.6 Å². The van der Waals surface area contributed by atoms with Gasteiger partial charge in [0.25, 0.3) is 12.3 Å². The minimum atomic E-state index is -2.58. The number of thiazole rings is 1. The van der Waals surface area contributed by atoms with E-state index in [1.54, 1.807) is 0 Å². The molecule has 0 aliphatic heterocycles. The Morgan fingerprint density at radius 2 is 2.11 bits per heavy atom. The SMILES string of the molecule is CCN(CC)c1nc(N)c(C(=O)NCC(F)F)s1. The van der Waals surface area contributed by atoms with Crippen molar-refractivity contribution >= 4 is 28.2 Å². The van der Waals surface area contributed by atoms with Gasteiger partial charge in [-0.25, -0.2) is 13.8 Å². The molecule has 1 rings (SSSR count). The molecular formula is C10H16F2N4OS. The summed E-state index contributed by atoms with van der Waals surface area (Å²) in [6, 6.07) is 0. The van der Waals surface area contributed by atoms with Crippen LogP contribution in [0.2, 0.25) is 0 Å². The van der Waals surface area contributed by atoms with Crippen LogP contribution < -0.4 is 16.0 Å². The second-order valence-electron chi connectivity index (χ2n) is 3.48. The number of carbonyl (C=O) groups is 1. The summed E-state index contributed by atoms with van der Waals surface area (Å²) in [5.74, 6) is -0.530. The summed E-state index contributed by atoms with van der Waals surface area (Å²) in [4.78, 5) is 17.8. The van der Waals surface area contributed by atoms with E-state index in [9.17, 15) is 13.6 Å². The zero-order valence-electron chi connectivity index (χ0n) is 10.2. The van der Waals surface area contributed by atoms with Crippen LogP contribution in [0.3, 0.4) is 0 Å². The van der Waals surface area contributed by atoms with E-state index in [4.69, 9.17) is 5.73 Å². The van der Waals surface area contributed by atoms with E-state index in [1.165, 1.54) is 0 Å². The summed E-state index contributed by atoms with van der Waals surface area (Å²) in [5, 5.41) is 2.74. The van der Waals surface area contributed by atoms with Gasteiger partial charge in [0, 0.05) is 13.1 Å². The number of hydrogen-bond acceptors (Lipinski definition) is 5. The minimum Gasteiger partial charge on any atom is -0.382 e. The van der Waals surface area contributed by atoms with Crippen LogP contribution >= 0.6 is 11.3 Å². The van der Waals surface area contributed by atoms with Crippen molar-refractivity contribution in [3.8, 4) is 0 Å². The van der Waals surface area contributed by atoms with Crippen molar-refractivity contribution in [1.29, 1.82) is 0 Å². The fraction of sp³-hybridized carbons (Fsp3) is 0.600. The van der Waals surface area contributed by atoms with E-state index in [2.05, 4.69) is 10.3 Å². The van der Waals surface area contributed by atoms with Gasteiger partial charge in [-0.2, -0.15) is 0 Å². The summed E-state index contributed by atoms with van der Waals surface area (Å²) in [6.07, 6.45) is -2.58. The number of halogens is 2. The van der Waals surface area contributed by atoms with Crippen LogP contribution in [0.25, 0.3) is 0 Å². The fourth-order valence-corrected chi connectivity index (χ4v) is 2.39. The molecule has 0 atom stereocenters. The van der Waals surface area contributed by atoms with Gasteiger partial charge in [0.2, 0.25) is 0 Å². The lowest BCUT2D eigenvalue weighted by Gasteiger charge is -2.16. The minimum absolute atomic E-state index is 0.0775. The van der Waals surface area contributed by atoms with Gasteiger partial charge in [0.1, 0.15) is 10.7 Å². The number of nitrogen functional groups attached to an aromatic ring is 1. The van der Waals surface area contributed by atoms with Gasteiger partial charge in [0.15, 0.2) is 5.13 Å². The average molecular weight is 278 g/mol. The third-order valence-corrected chi connectivity index (χ3v) is 3.43. The first-order chi connectivity index (χ1) is 8.49. The molecule has 1 amide bonds. The third-order valence-electron chi connectivity index (χ3n) is 2.30. The van der Waals surface area contributed by atoms with E-state index >= 15 is 0 Å². The van der Waals surface area contributed by atoms with Gasteiger partial charge >= 0.3 is 0 Å². The van der Waals surface area contributed by atoms with Gasteiger partial charge in [-0.05, 0) is 13.8 Å². The molecule has 3 N–H and O–H groups in total. The molecule has 1 aromatic heterocycles. The molecule has 0 aliphatic rings. The zero-order valence-corrected chi connectivity index (χ0v) is 11.1. The maximum Gasteiger partial charge on any atom is 0.265 e. The monoisotopic (exact) mass is 278 g/mol. The quantitative estimate of drug-likeness (QED) is 0.828. The van der Waals surface area contributed by atoms with Gasteiger partial charge in [-0.1, -0.05) is 11.3 Å². The molecule has 0 fully saturated rings. The molecule has 0 unspecified atom stereocenters. The Bertz CT molecular complexity index is 407. The molecule has 8 heteroatoms. The van der Waals surface area contributed by atoms with Crippen LogP contribution in [0.5, 0.6) is 0 Å². The first-order valence-corrected chi connectivity index (χ1v) is 6.38. The number of nitrogens with zero attached hydrogens (tertiary/aromatic N) is 2. The Morgan fingerprint density at radius 3 is 2.61 bits per heavy atom.